The highest BCUT2D eigenvalue weighted by Crippen LogP contribution is 2.28. The molecule has 2 aromatic rings. The maximum atomic E-state index is 11.2. The van der Waals surface area contributed by atoms with E-state index >= 15 is 0 Å². The number of benzene rings is 2. The van der Waals surface area contributed by atoms with Crippen molar-refractivity contribution in [1.29, 1.82) is 0 Å². The van der Waals surface area contributed by atoms with Gasteiger partial charge in [-0.15, -0.1) is 0 Å². The zero-order chi connectivity index (χ0) is 15.6. The van der Waals surface area contributed by atoms with Crippen LogP contribution >= 0.6 is 11.6 Å². The van der Waals surface area contributed by atoms with Crippen LogP contribution in [0.1, 0.15) is 34.5 Å². The minimum absolute atomic E-state index is 0.0524. The van der Waals surface area contributed by atoms with Crippen molar-refractivity contribution in [2.45, 2.75) is 19.9 Å². The van der Waals surface area contributed by atoms with Crippen LogP contribution in [0.2, 0.25) is 5.02 Å². The molecule has 4 nitrogen and oxygen atoms in total. The van der Waals surface area contributed by atoms with Crippen LogP contribution in [-0.4, -0.2) is 11.1 Å². The van der Waals surface area contributed by atoms with Crippen LogP contribution in [-0.2, 0) is 0 Å². The molecule has 0 radical (unpaired) electrons. The highest BCUT2D eigenvalue weighted by Gasteiger charge is 2.14. The van der Waals surface area contributed by atoms with E-state index in [2.05, 4.69) is 5.32 Å². The fourth-order valence-corrected chi connectivity index (χ4v) is 2.51. The zero-order valence-corrected chi connectivity index (χ0v) is 12.6. The third-order valence-corrected chi connectivity index (χ3v) is 3.72. The van der Waals surface area contributed by atoms with Crippen LogP contribution < -0.4 is 11.1 Å². The first-order valence-electron chi connectivity index (χ1n) is 6.54. The van der Waals surface area contributed by atoms with Crippen LogP contribution in [0.15, 0.2) is 36.4 Å². The summed E-state index contributed by atoms with van der Waals surface area (Å²) in [7, 11) is 0. The van der Waals surface area contributed by atoms with E-state index in [1.165, 1.54) is 6.07 Å². The standard InChI is InChI=1S/C16H17ClN2O2/c1-9-7-11(8-13(15(9)18)16(20)21)19-10(2)12-5-3-4-6-14(12)17/h3-8,10,19H,18H2,1-2H3,(H,20,21). The van der Waals surface area contributed by atoms with Crippen LogP contribution in [0.4, 0.5) is 11.4 Å². The molecule has 2 rings (SSSR count). The summed E-state index contributed by atoms with van der Waals surface area (Å²) in [5.74, 6) is -1.04. The minimum atomic E-state index is -1.04. The number of nitrogens with two attached hydrogens (primary N) is 1. The normalized spacial score (nSPS) is 12.0. The number of hydrogen-bond donors (Lipinski definition) is 3. The lowest BCUT2D eigenvalue weighted by Crippen LogP contribution is -2.10. The number of carboxylic acid groups (broad SMARTS) is 1. The average Bonchev–Trinajstić information content (AvgIpc) is 2.42. The summed E-state index contributed by atoms with van der Waals surface area (Å²) in [6, 6.07) is 10.9. The van der Waals surface area contributed by atoms with Gasteiger partial charge < -0.3 is 16.2 Å². The maximum Gasteiger partial charge on any atom is 0.337 e. The van der Waals surface area contributed by atoms with Gasteiger partial charge in [-0.1, -0.05) is 29.8 Å². The molecule has 0 saturated heterocycles. The fraction of sp³-hybridized carbons (Fsp3) is 0.188. The summed E-state index contributed by atoms with van der Waals surface area (Å²) in [6.07, 6.45) is 0. The predicted octanol–water partition coefficient (Wildman–Crippen LogP) is 4.10. The summed E-state index contributed by atoms with van der Waals surface area (Å²) < 4.78 is 0. The molecular weight excluding hydrogens is 288 g/mol. The summed E-state index contributed by atoms with van der Waals surface area (Å²) >= 11 is 6.17. The number of carboxylic acids is 1. The number of aryl methyl sites for hydroxylation is 1. The molecule has 21 heavy (non-hydrogen) atoms. The van der Waals surface area contributed by atoms with Crippen LogP contribution in [0, 0.1) is 6.92 Å². The lowest BCUT2D eigenvalue weighted by molar-refractivity contribution is 0.0698. The van der Waals surface area contributed by atoms with Gasteiger partial charge >= 0.3 is 5.97 Å². The Morgan fingerprint density at radius 1 is 1.33 bits per heavy atom. The first-order chi connectivity index (χ1) is 9.90. The van der Waals surface area contributed by atoms with Gasteiger partial charge in [0.1, 0.15) is 0 Å². The van der Waals surface area contributed by atoms with Crippen molar-refractivity contribution < 1.29 is 9.90 Å². The largest absolute Gasteiger partial charge is 0.478 e. The molecule has 1 atom stereocenters. The van der Waals surface area contributed by atoms with E-state index in [4.69, 9.17) is 17.3 Å². The van der Waals surface area contributed by atoms with E-state index in [9.17, 15) is 9.90 Å². The third kappa shape index (κ3) is 3.28. The van der Waals surface area contributed by atoms with E-state index < -0.39 is 5.97 Å². The van der Waals surface area contributed by atoms with Crippen LogP contribution in [0.25, 0.3) is 0 Å². The molecule has 0 aliphatic carbocycles. The maximum absolute atomic E-state index is 11.2. The van der Waals surface area contributed by atoms with Crippen molar-refractivity contribution in [3.63, 3.8) is 0 Å². The summed E-state index contributed by atoms with van der Waals surface area (Å²) in [5, 5.41) is 13.1. The van der Waals surface area contributed by atoms with E-state index in [0.29, 0.717) is 16.4 Å². The van der Waals surface area contributed by atoms with E-state index in [1.807, 2.05) is 37.3 Å². The minimum Gasteiger partial charge on any atom is -0.478 e. The number of anilines is 2. The highest BCUT2D eigenvalue weighted by atomic mass is 35.5. The van der Waals surface area contributed by atoms with Gasteiger partial charge in [0.25, 0.3) is 0 Å². The summed E-state index contributed by atoms with van der Waals surface area (Å²) in [5.41, 5.74) is 8.56. The second-order valence-electron chi connectivity index (χ2n) is 4.95. The smallest absolute Gasteiger partial charge is 0.337 e. The Bertz CT molecular complexity index is 686. The molecule has 2 aromatic carbocycles. The van der Waals surface area contributed by atoms with E-state index in [1.54, 1.807) is 6.92 Å². The summed E-state index contributed by atoms with van der Waals surface area (Å²) in [4.78, 5) is 11.2. The molecule has 1 unspecified atom stereocenters. The number of nitrogens with one attached hydrogen (secondary N) is 1. The molecule has 0 aromatic heterocycles. The number of halogens is 1. The molecule has 0 fully saturated rings. The molecular formula is C16H17ClN2O2. The third-order valence-electron chi connectivity index (χ3n) is 3.37. The first-order valence-corrected chi connectivity index (χ1v) is 6.92. The second-order valence-corrected chi connectivity index (χ2v) is 5.35. The van der Waals surface area contributed by atoms with Crippen molar-refractivity contribution in [1.82, 2.24) is 0 Å². The Morgan fingerprint density at radius 3 is 2.62 bits per heavy atom. The highest BCUT2D eigenvalue weighted by molar-refractivity contribution is 6.31. The van der Waals surface area contributed by atoms with Gasteiger partial charge in [0.15, 0.2) is 0 Å². The molecule has 0 heterocycles. The molecule has 0 spiro atoms. The number of rotatable bonds is 4. The topological polar surface area (TPSA) is 75.3 Å². The van der Waals surface area contributed by atoms with Crippen molar-refractivity contribution >= 4 is 28.9 Å². The van der Waals surface area contributed by atoms with Gasteiger partial charge in [-0.25, -0.2) is 4.79 Å². The van der Waals surface area contributed by atoms with Crippen molar-refractivity contribution in [2.75, 3.05) is 11.1 Å². The quantitative estimate of drug-likeness (QED) is 0.743. The van der Waals surface area contributed by atoms with Crippen molar-refractivity contribution in [3.8, 4) is 0 Å². The van der Waals surface area contributed by atoms with Crippen molar-refractivity contribution in [2.24, 2.45) is 0 Å². The first kappa shape index (κ1) is 15.2. The van der Waals surface area contributed by atoms with Crippen molar-refractivity contribution in [3.05, 3.63) is 58.1 Å². The molecule has 110 valence electrons. The van der Waals surface area contributed by atoms with Gasteiger partial charge in [-0.2, -0.15) is 0 Å². The fourth-order valence-electron chi connectivity index (χ4n) is 2.21. The average molecular weight is 305 g/mol. The molecule has 5 heteroatoms. The number of hydrogen-bond acceptors (Lipinski definition) is 3. The van der Waals surface area contributed by atoms with Gasteiger partial charge in [0.05, 0.1) is 5.56 Å². The zero-order valence-electron chi connectivity index (χ0n) is 11.9. The number of carbonyl (C=O) groups is 1. The molecule has 0 amide bonds. The predicted molar refractivity (Wildman–Crippen MR) is 86.0 cm³/mol. The Kier molecular flexibility index (Phi) is 4.38. The Balaban J connectivity index is 2.32. The van der Waals surface area contributed by atoms with Crippen LogP contribution in [0.5, 0.6) is 0 Å². The molecule has 0 saturated carbocycles. The monoisotopic (exact) mass is 304 g/mol. The Hall–Kier alpha value is -2.20. The Morgan fingerprint density at radius 2 is 2.00 bits per heavy atom. The SMILES string of the molecule is Cc1cc(NC(C)c2ccccc2Cl)cc(C(=O)O)c1N. The lowest BCUT2D eigenvalue weighted by atomic mass is 10.0. The molecule has 4 N–H and O–H groups in total. The van der Waals surface area contributed by atoms with Gasteiger partial charge in [-0.05, 0) is 43.2 Å². The van der Waals surface area contributed by atoms with E-state index in [-0.39, 0.29) is 11.6 Å². The van der Waals surface area contributed by atoms with Gasteiger partial charge in [0.2, 0.25) is 0 Å². The summed E-state index contributed by atoms with van der Waals surface area (Å²) in [6.45, 7) is 3.75. The second kappa shape index (κ2) is 6.06. The van der Waals surface area contributed by atoms with Gasteiger partial charge in [0, 0.05) is 22.4 Å². The van der Waals surface area contributed by atoms with Crippen LogP contribution in [0.3, 0.4) is 0 Å². The van der Waals surface area contributed by atoms with Gasteiger partial charge in [-0.3, -0.25) is 0 Å². The number of aromatic carboxylic acids is 1. The molecule has 0 aliphatic heterocycles. The number of nitrogen functional groups attached to an aromatic ring is 1. The lowest BCUT2D eigenvalue weighted by Gasteiger charge is -2.18. The Labute approximate surface area is 128 Å². The molecule has 0 aliphatic rings. The molecule has 0 bridgehead atoms. The van der Waals surface area contributed by atoms with E-state index in [0.717, 1.165) is 11.1 Å².